The molecule has 1 heterocycles. The average molecular weight is 230 g/mol. The molecule has 0 unspecified atom stereocenters. The van der Waals surface area contributed by atoms with Gasteiger partial charge >= 0.3 is 0 Å². The van der Waals surface area contributed by atoms with Crippen molar-refractivity contribution < 1.29 is 9.84 Å². The zero-order valence-corrected chi connectivity index (χ0v) is 10.7. The van der Waals surface area contributed by atoms with Crippen molar-refractivity contribution in [2.75, 3.05) is 46.5 Å². The SMILES string of the molecule is CCCN1CCC(CO)(NCCOC)CC1. The Morgan fingerprint density at radius 3 is 2.56 bits per heavy atom. The maximum absolute atomic E-state index is 9.54. The highest BCUT2D eigenvalue weighted by Crippen LogP contribution is 2.21. The van der Waals surface area contributed by atoms with Crippen molar-refractivity contribution in [3.63, 3.8) is 0 Å². The molecule has 0 bridgehead atoms. The van der Waals surface area contributed by atoms with Crippen LogP contribution in [0.4, 0.5) is 0 Å². The third kappa shape index (κ3) is 4.01. The third-order valence-corrected chi connectivity index (χ3v) is 3.46. The second-order valence-corrected chi connectivity index (χ2v) is 4.70. The summed E-state index contributed by atoms with van der Waals surface area (Å²) in [5, 5.41) is 13.0. The maximum Gasteiger partial charge on any atom is 0.0614 e. The number of nitrogens with zero attached hydrogens (tertiary/aromatic N) is 1. The fourth-order valence-corrected chi connectivity index (χ4v) is 2.33. The van der Waals surface area contributed by atoms with Crippen LogP contribution in [0, 0.1) is 0 Å². The first-order valence-corrected chi connectivity index (χ1v) is 6.33. The van der Waals surface area contributed by atoms with Gasteiger partial charge in [0.2, 0.25) is 0 Å². The number of aliphatic hydroxyl groups is 1. The molecule has 96 valence electrons. The Hall–Kier alpha value is -0.160. The summed E-state index contributed by atoms with van der Waals surface area (Å²) >= 11 is 0. The number of ether oxygens (including phenoxy) is 1. The van der Waals surface area contributed by atoms with Crippen LogP contribution in [0.2, 0.25) is 0 Å². The molecule has 1 saturated heterocycles. The van der Waals surface area contributed by atoms with Crippen LogP contribution in [0.15, 0.2) is 0 Å². The Kier molecular flexibility index (Phi) is 6.28. The topological polar surface area (TPSA) is 44.7 Å². The number of hydrogen-bond donors (Lipinski definition) is 2. The summed E-state index contributed by atoms with van der Waals surface area (Å²) in [7, 11) is 1.71. The fourth-order valence-electron chi connectivity index (χ4n) is 2.33. The normalized spacial score (nSPS) is 21.2. The number of rotatable bonds is 7. The van der Waals surface area contributed by atoms with Crippen molar-refractivity contribution in [1.29, 1.82) is 0 Å². The second kappa shape index (κ2) is 7.22. The van der Waals surface area contributed by atoms with Gasteiger partial charge in [-0.1, -0.05) is 6.92 Å². The molecule has 16 heavy (non-hydrogen) atoms. The first-order chi connectivity index (χ1) is 7.76. The molecule has 0 radical (unpaired) electrons. The average Bonchev–Trinajstić information content (AvgIpc) is 2.32. The molecular formula is C12H26N2O2. The summed E-state index contributed by atoms with van der Waals surface area (Å²) in [5.41, 5.74) is -0.0667. The molecular weight excluding hydrogens is 204 g/mol. The predicted octanol–water partition coefficient (Wildman–Crippen LogP) is 0.459. The molecule has 0 spiro atoms. The van der Waals surface area contributed by atoms with Crippen LogP contribution in [0.1, 0.15) is 26.2 Å². The number of methoxy groups -OCH3 is 1. The lowest BCUT2D eigenvalue weighted by molar-refractivity contribution is 0.0716. The standard InChI is InChI=1S/C12H26N2O2/c1-3-7-14-8-4-12(11-15,5-9-14)13-6-10-16-2/h13,15H,3-11H2,1-2H3. The van der Waals surface area contributed by atoms with E-state index in [0.29, 0.717) is 6.61 Å². The Balaban J connectivity index is 2.32. The number of piperidine rings is 1. The summed E-state index contributed by atoms with van der Waals surface area (Å²) in [6.45, 7) is 7.34. The molecule has 1 rings (SSSR count). The predicted molar refractivity (Wildman–Crippen MR) is 65.7 cm³/mol. The van der Waals surface area contributed by atoms with Gasteiger partial charge in [0.15, 0.2) is 0 Å². The second-order valence-electron chi connectivity index (χ2n) is 4.70. The van der Waals surface area contributed by atoms with Crippen LogP contribution in [-0.4, -0.2) is 62.0 Å². The highest BCUT2D eigenvalue weighted by Gasteiger charge is 2.32. The quantitative estimate of drug-likeness (QED) is 0.624. The highest BCUT2D eigenvalue weighted by atomic mass is 16.5. The summed E-state index contributed by atoms with van der Waals surface area (Å²) in [6.07, 6.45) is 3.28. The molecule has 1 aliphatic heterocycles. The minimum atomic E-state index is -0.0667. The van der Waals surface area contributed by atoms with Crippen LogP contribution >= 0.6 is 0 Å². The molecule has 0 aliphatic carbocycles. The fraction of sp³-hybridized carbons (Fsp3) is 1.00. The van der Waals surface area contributed by atoms with Gasteiger partial charge in [0.05, 0.1) is 13.2 Å². The van der Waals surface area contributed by atoms with Crippen LogP contribution in [0.5, 0.6) is 0 Å². The van der Waals surface area contributed by atoms with Gasteiger partial charge in [0, 0.05) is 19.2 Å². The van der Waals surface area contributed by atoms with E-state index >= 15 is 0 Å². The molecule has 0 aromatic heterocycles. The number of likely N-dealkylation sites (tertiary alicyclic amines) is 1. The third-order valence-electron chi connectivity index (χ3n) is 3.46. The van der Waals surface area contributed by atoms with E-state index in [0.717, 1.165) is 32.5 Å². The van der Waals surface area contributed by atoms with Crippen molar-refractivity contribution in [1.82, 2.24) is 10.2 Å². The van der Waals surface area contributed by atoms with E-state index < -0.39 is 0 Å². The largest absolute Gasteiger partial charge is 0.394 e. The highest BCUT2D eigenvalue weighted by molar-refractivity contribution is 4.92. The first-order valence-electron chi connectivity index (χ1n) is 6.33. The van der Waals surface area contributed by atoms with Crippen LogP contribution in [0.3, 0.4) is 0 Å². The Bertz CT molecular complexity index is 180. The van der Waals surface area contributed by atoms with Gasteiger partial charge < -0.3 is 20.1 Å². The molecule has 1 fully saturated rings. The summed E-state index contributed by atoms with van der Waals surface area (Å²) in [5.74, 6) is 0. The van der Waals surface area contributed by atoms with E-state index in [1.165, 1.54) is 13.0 Å². The van der Waals surface area contributed by atoms with Gasteiger partial charge in [-0.3, -0.25) is 0 Å². The summed E-state index contributed by atoms with van der Waals surface area (Å²) < 4.78 is 5.03. The van der Waals surface area contributed by atoms with Gasteiger partial charge in [-0.25, -0.2) is 0 Å². The van der Waals surface area contributed by atoms with Gasteiger partial charge in [-0.05, 0) is 38.9 Å². The maximum atomic E-state index is 9.54. The monoisotopic (exact) mass is 230 g/mol. The first kappa shape index (κ1) is 13.9. The number of nitrogens with one attached hydrogen (secondary N) is 1. The summed E-state index contributed by atoms with van der Waals surface area (Å²) in [4.78, 5) is 2.48. The number of aliphatic hydroxyl groups excluding tert-OH is 1. The summed E-state index contributed by atoms with van der Waals surface area (Å²) in [6, 6.07) is 0. The minimum Gasteiger partial charge on any atom is -0.394 e. The zero-order valence-electron chi connectivity index (χ0n) is 10.7. The lowest BCUT2D eigenvalue weighted by Gasteiger charge is -2.41. The van der Waals surface area contributed by atoms with E-state index in [9.17, 15) is 5.11 Å². The zero-order chi connectivity index (χ0) is 11.9. The molecule has 0 atom stereocenters. The molecule has 4 nitrogen and oxygen atoms in total. The Morgan fingerprint density at radius 1 is 1.38 bits per heavy atom. The smallest absolute Gasteiger partial charge is 0.0614 e. The molecule has 0 amide bonds. The van der Waals surface area contributed by atoms with Gasteiger partial charge in [-0.2, -0.15) is 0 Å². The molecule has 1 aliphatic rings. The van der Waals surface area contributed by atoms with Gasteiger partial charge in [0.1, 0.15) is 0 Å². The van der Waals surface area contributed by atoms with Gasteiger partial charge in [-0.15, -0.1) is 0 Å². The van der Waals surface area contributed by atoms with Crippen molar-refractivity contribution in [3.8, 4) is 0 Å². The molecule has 4 heteroatoms. The van der Waals surface area contributed by atoms with E-state index in [4.69, 9.17) is 4.74 Å². The van der Waals surface area contributed by atoms with E-state index in [1.807, 2.05) is 0 Å². The van der Waals surface area contributed by atoms with E-state index in [-0.39, 0.29) is 12.1 Å². The van der Waals surface area contributed by atoms with Crippen LogP contribution < -0.4 is 5.32 Å². The molecule has 0 saturated carbocycles. The van der Waals surface area contributed by atoms with Gasteiger partial charge in [0.25, 0.3) is 0 Å². The van der Waals surface area contributed by atoms with Crippen molar-refractivity contribution >= 4 is 0 Å². The molecule has 2 N–H and O–H groups in total. The van der Waals surface area contributed by atoms with Crippen molar-refractivity contribution in [2.24, 2.45) is 0 Å². The Labute approximate surface area is 99.0 Å². The van der Waals surface area contributed by atoms with Crippen LogP contribution in [-0.2, 0) is 4.74 Å². The van der Waals surface area contributed by atoms with E-state index in [2.05, 4.69) is 17.1 Å². The van der Waals surface area contributed by atoms with Crippen molar-refractivity contribution in [2.45, 2.75) is 31.7 Å². The number of hydrogen-bond acceptors (Lipinski definition) is 4. The lowest BCUT2D eigenvalue weighted by Crippen LogP contribution is -2.56. The Morgan fingerprint density at radius 2 is 2.06 bits per heavy atom. The van der Waals surface area contributed by atoms with Crippen molar-refractivity contribution in [3.05, 3.63) is 0 Å². The minimum absolute atomic E-state index is 0.0667. The lowest BCUT2D eigenvalue weighted by atomic mass is 9.88. The molecule has 0 aromatic rings. The molecule has 0 aromatic carbocycles. The van der Waals surface area contributed by atoms with E-state index in [1.54, 1.807) is 7.11 Å². The van der Waals surface area contributed by atoms with Crippen LogP contribution in [0.25, 0.3) is 0 Å².